The molecule has 0 aliphatic rings. The molecule has 0 spiro atoms. The molecule has 2 rings (SSSR count). The van der Waals surface area contributed by atoms with Crippen LogP contribution in [-0.4, -0.2) is 24.3 Å². The lowest BCUT2D eigenvalue weighted by atomic mass is 10.1. The number of anilines is 1. The molecule has 0 aliphatic heterocycles. The molecule has 0 aliphatic carbocycles. The number of benzene rings is 2. The number of Topliss-reactive ketones (excluding diaryl/α,β-unsaturated/α-hetero) is 1. The first-order chi connectivity index (χ1) is 12.3. The number of esters is 1. The highest BCUT2D eigenvalue weighted by Gasteiger charge is 2.13. The summed E-state index contributed by atoms with van der Waals surface area (Å²) in [5.74, 6) is -2.07. The van der Waals surface area contributed by atoms with Crippen LogP contribution in [0.25, 0.3) is 0 Å². The number of ketones is 1. The van der Waals surface area contributed by atoms with Crippen LogP contribution in [0.4, 0.5) is 10.1 Å². The van der Waals surface area contributed by atoms with Gasteiger partial charge in [-0.15, -0.1) is 0 Å². The molecular weight excluding hydrogens is 384 g/mol. The van der Waals surface area contributed by atoms with Crippen LogP contribution >= 0.6 is 23.2 Å². The van der Waals surface area contributed by atoms with Crippen LogP contribution in [0.2, 0.25) is 10.0 Å². The monoisotopic (exact) mass is 397 g/mol. The lowest BCUT2D eigenvalue weighted by molar-refractivity contribution is -0.147. The normalized spacial score (nSPS) is 10.3. The van der Waals surface area contributed by atoms with Crippen molar-refractivity contribution in [2.75, 3.05) is 11.9 Å². The predicted octanol–water partition coefficient (Wildman–Crippen LogP) is 4.28. The third-order valence-electron chi connectivity index (χ3n) is 3.29. The summed E-state index contributed by atoms with van der Waals surface area (Å²) in [5, 5.41) is 3.15. The van der Waals surface area contributed by atoms with Gasteiger partial charge in [-0.3, -0.25) is 14.4 Å². The second kappa shape index (κ2) is 9.31. The Morgan fingerprint density at radius 2 is 1.69 bits per heavy atom. The molecule has 8 heteroatoms. The summed E-state index contributed by atoms with van der Waals surface area (Å²) in [5.41, 5.74) is 0.597. The van der Waals surface area contributed by atoms with Crippen molar-refractivity contribution in [3.8, 4) is 0 Å². The van der Waals surface area contributed by atoms with Gasteiger partial charge in [0, 0.05) is 17.0 Å². The first-order valence-electron chi connectivity index (χ1n) is 7.54. The second-order valence-electron chi connectivity index (χ2n) is 5.26. The van der Waals surface area contributed by atoms with Crippen molar-refractivity contribution in [2.24, 2.45) is 0 Å². The zero-order chi connectivity index (χ0) is 19.1. The minimum atomic E-state index is -0.701. The van der Waals surface area contributed by atoms with Crippen molar-refractivity contribution in [2.45, 2.75) is 12.8 Å². The third kappa shape index (κ3) is 6.13. The van der Waals surface area contributed by atoms with Crippen LogP contribution in [0.3, 0.4) is 0 Å². The van der Waals surface area contributed by atoms with Crippen molar-refractivity contribution < 1.29 is 23.5 Å². The Morgan fingerprint density at radius 3 is 2.38 bits per heavy atom. The van der Waals surface area contributed by atoms with Gasteiger partial charge in [-0.05, 0) is 42.5 Å². The van der Waals surface area contributed by atoms with E-state index in [2.05, 4.69) is 5.32 Å². The minimum absolute atomic E-state index is 0.105. The lowest BCUT2D eigenvalue weighted by Crippen LogP contribution is -2.21. The fourth-order valence-electron chi connectivity index (χ4n) is 1.99. The van der Waals surface area contributed by atoms with Crippen LogP contribution < -0.4 is 5.32 Å². The Balaban J connectivity index is 1.75. The average molecular weight is 398 g/mol. The number of amides is 1. The summed E-state index contributed by atoms with van der Waals surface area (Å²) in [6, 6.07) is 9.55. The molecule has 1 amide bonds. The van der Waals surface area contributed by atoms with E-state index in [9.17, 15) is 18.8 Å². The molecule has 2 aromatic carbocycles. The first kappa shape index (κ1) is 19.9. The summed E-state index contributed by atoms with van der Waals surface area (Å²) < 4.78 is 17.6. The van der Waals surface area contributed by atoms with Crippen molar-refractivity contribution in [1.29, 1.82) is 0 Å². The van der Waals surface area contributed by atoms with E-state index in [0.717, 1.165) is 12.1 Å². The van der Waals surface area contributed by atoms with Crippen LogP contribution in [-0.2, 0) is 14.3 Å². The average Bonchev–Trinajstić information content (AvgIpc) is 2.61. The highest BCUT2D eigenvalue weighted by atomic mass is 35.5. The standard InChI is InChI=1S/C18H14Cl2FNO4/c19-12-3-6-14(20)15(9-12)22-17(24)10-26-18(25)8-7-16(23)11-1-4-13(21)5-2-11/h1-6,9H,7-8,10H2,(H,22,24). The number of hydrogen-bond donors (Lipinski definition) is 1. The topological polar surface area (TPSA) is 72.5 Å². The molecule has 5 nitrogen and oxygen atoms in total. The van der Waals surface area contributed by atoms with Crippen LogP contribution in [0.15, 0.2) is 42.5 Å². The van der Waals surface area contributed by atoms with E-state index in [1.165, 1.54) is 24.3 Å². The highest BCUT2D eigenvalue weighted by Crippen LogP contribution is 2.25. The molecule has 1 N–H and O–H groups in total. The van der Waals surface area contributed by atoms with Crippen LogP contribution in [0, 0.1) is 5.82 Å². The predicted molar refractivity (Wildman–Crippen MR) is 96.0 cm³/mol. The van der Waals surface area contributed by atoms with Gasteiger partial charge >= 0.3 is 5.97 Å². The molecule has 0 saturated heterocycles. The number of rotatable bonds is 7. The first-order valence-corrected chi connectivity index (χ1v) is 8.30. The van der Waals surface area contributed by atoms with Gasteiger partial charge in [-0.25, -0.2) is 4.39 Å². The van der Waals surface area contributed by atoms with Gasteiger partial charge in [-0.1, -0.05) is 23.2 Å². The molecule has 0 unspecified atom stereocenters. The van der Waals surface area contributed by atoms with Gasteiger partial charge in [0.05, 0.1) is 17.1 Å². The van der Waals surface area contributed by atoms with Crippen LogP contribution in [0.5, 0.6) is 0 Å². The molecule has 0 heterocycles. The van der Waals surface area contributed by atoms with E-state index in [4.69, 9.17) is 27.9 Å². The largest absolute Gasteiger partial charge is 0.456 e. The molecule has 0 saturated carbocycles. The fourth-order valence-corrected chi connectivity index (χ4v) is 2.33. The fraction of sp³-hybridized carbons (Fsp3) is 0.167. The number of carbonyl (C=O) groups is 3. The highest BCUT2D eigenvalue weighted by molar-refractivity contribution is 6.35. The van der Waals surface area contributed by atoms with Crippen molar-refractivity contribution in [3.63, 3.8) is 0 Å². The van der Waals surface area contributed by atoms with Crippen molar-refractivity contribution >= 4 is 46.5 Å². The number of nitrogens with one attached hydrogen (secondary N) is 1. The summed E-state index contributed by atoms with van der Waals surface area (Å²) >= 11 is 11.7. The Labute approximate surface area is 159 Å². The van der Waals surface area contributed by atoms with Crippen LogP contribution in [0.1, 0.15) is 23.2 Å². The SMILES string of the molecule is O=C(COC(=O)CCC(=O)c1ccc(F)cc1)Nc1cc(Cl)ccc1Cl. The summed E-state index contributed by atoms with van der Waals surface area (Å²) in [4.78, 5) is 35.3. The molecule has 0 radical (unpaired) electrons. The van der Waals surface area contributed by atoms with E-state index in [1.54, 1.807) is 6.07 Å². The van der Waals surface area contributed by atoms with Crippen molar-refractivity contribution in [1.82, 2.24) is 0 Å². The van der Waals surface area contributed by atoms with E-state index in [0.29, 0.717) is 21.3 Å². The Hall–Kier alpha value is -2.44. The quantitative estimate of drug-likeness (QED) is 0.558. The summed E-state index contributed by atoms with van der Waals surface area (Å²) in [7, 11) is 0. The zero-order valence-electron chi connectivity index (χ0n) is 13.4. The van der Waals surface area contributed by atoms with Gasteiger partial charge in [0.2, 0.25) is 0 Å². The Morgan fingerprint density at radius 1 is 1.00 bits per heavy atom. The number of carbonyl (C=O) groups excluding carboxylic acids is 3. The molecule has 2 aromatic rings. The number of ether oxygens (including phenoxy) is 1. The second-order valence-corrected chi connectivity index (χ2v) is 6.11. The van der Waals surface area contributed by atoms with Gasteiger partial charge in [0.1, 0.15) is 5.82 Å². The van der Waals surface area contributed by atoms with Gasteiger partial charge in [0.15, 0.2) is 12.4 Å². The molecule has 0 aromatic heterocycles. The molecule has 26 heavy (non-hydrogen) atoms. The Bertz CT molecular complexity index is 824. The van der Waals surface area contributed by atoms with E-state index >= 15 is 0 Å². The molecule has 136 valence electrons. The van der Waals surface area contributed by atoms with E-state index in [1.807, 2.05) is 0 Å². The smallest absolute Gasteiger partial charge is 0.306 e. The number of halogens is 3. The summed E-state index contributed by atoms with van der Waals surface area (Å²) in [6.07, 6.45) is -0.298. The number of hydrogen-bond acceptors (Lipinski definition) is 4. The van der Waals surface area contributed by atoms with Gasteiger partial charge in [0.25, 0.3) is 5.91 Å². The lowest BCUT2D eigenvalue weighted by Gasteiger charge is -2.08. The maximum atomic E-state index is 12.8. The molecular formula is C18H14Cl2FNO4. The van der Waals surface area contributed by atoms with Gasteiger partial charge < -0.3 is 10.1 Å². The minimum Gasteiger partial charge on any atom is -0.456 e. The van der Waals surface area contributed by atoms with Gasteiger partial charge in [-0.2, -0.15) is 0 Å². The third-order valence-corrected chi connectivity index (χ3v) is 3.85. The molecule has 0 bridgehead atoms. The molecule has 0 fully saturated rings. The summed E-state index contributed by atoms with van der Waals surface area (Å²) in [6.45, 7) is -0.521. The van der Waals surface area contributed by atoms with E-state index < -0.39 is 24.3 Å². The van der Waals surface area contributed by atoms with Crippen molar-refractivity contribution in [3.05, 3.63) is 63.9 Å². The maximum absolute atomic E-state index is 12.8. The molecule has 0 atom stereocenters. The maximum Gasteiger partial charge on any atom is 0.306 e. The van der Waals surface area contributed by atoms with E-state index in [-0.39, 0.29) is 18.6 Å². The Kier molecular flexibility index (Phi) is 7.12. The zero-order valence-corrected chi connectivity index (χ0v) is 14.9.